The number of rotatable bonds is 6. The van der Waals surface area contributed by atoms with Crippen molar-refractivity contribution in [3.63, 3.8) is 0 Å². The lowest BCUT2D eigenvalue weighted by atomic mass is 10.0. The van der Waals surface area contributed by atoms with Crippen molar-refractivity contribution in [1.82, 2.24) is 9.55 Å². The zero-order valence-electron chi connectivity index (χ0n) is 19.0. The highest BCUT2D eigenvalue weighted by atomic mass is 19.4. The molecule has 5 aromatic rings. The fraction of sp³-hybridized carbons (Fsp3) is 0.103. The molecule has 0 atom stereocenters. The summed E-state index contributed by atoms with van der Waals surface area (Å²) >= 11 is 0. The molecule has 0 unspecified atom stereocenters. The molecule has 176 valence electrons. The Morgan fingerprint density at radius 2 is 1.69 bits per heavy atom. The van der Waals surface area contributed by atoms with E-state index in [1.807, 2.05) is 36.5 Å². The van der Waals surface area contributed by atoms with Crippen LogP contribution in [0.15, 0.2) is 91.3 Å². The summed E-state index contributed by atoms with van der Waals surface area (Å²) in [4.78, 5) is 3.22. The molecular formula is C29H23F3N2O. The average molecular weight is 473 g/mol. The van der Waals surface area contributed by atoms with Crippen molar-refractivity contribution < 1.29 is 17.9 Å². The van der Waals surface area contributed by atoms with Gasteiger partial charge in [0.15, 0.2) is 0 Å². The van der Waals surface area contributed by atoms with Crippen LogP contribution in [-0.2, 0) is 12.7 Å². The lowest BCUT2D eigenvalue weighted by molar-refractivity contribution is -0.137. The van der Waals surface area contributed by atoms with E-state index in [0.29, 0.717) is 12.1 Å². The van der Waals surface area contributed by atoms with Gasteiger partial charge < -0.3 is 14.3 Å². The number of hydrogen-bond acceptors (Lipinski definition) is 1. The summed E-state index contributed by atoms with van der Waals surface area (Å²) in [5.74, 6) is 0.829. The second kappa shape index (κ2) is 9.22. The first-order chi connectivity index (χ1) is 16.9. The van der Waals surface area contributed by atoms with Crippen LogP contribution in [0.1, 0.15) is 22.4 Å². The fourth-order valence-corrected chi connectivity index (χ4v) is 4.13. The number of fused-ring (bicyclic) bond motifs is 1. The van der Waals surface area contributed by atoms with Crippen LogP contribution >= 0.6 is 0 Å². The highest BCUT2D eigenvalue weighted by molar-refractivity contribution is 5.86. The molecule has 35 heavy (non-hydrogen) atoms. The Morgan fingerprint density at radius 1 is 0.886 bits per heavy atom. The highest BCUT2D eigenvalue weighted by Gasteiger charge is 2.29. The third kappa shape index (κ3) is 5.01. The summed E-state index contributed by atoms with van der Waals surface area (Å²) < 4.78 is 45.7. The molecule has 3 nitrogen and oxygen atoms in total. The summed E-state index contributed by atoms with van der Waals surface area (Å²) in [6.45, 7) is 0.701. The maximum atomic E-state index is 12.7. The molecule has 0 spiro atoms. The van der Waals surface area contributed by atoms with Gasteiger partial charge in [-0.25, -0.2) is 0 Å². The Bertz CT molecular complexity index is 1490. The largest absolute Gasteiger partial charge is 0.497 e. The van der Waals surface area contributed by atoms with Gasteiger partial charge in [0.2, 0.25) is 0 Å². The van der Waals surface area contributed by atoms with Gasteiger partial charge in [-0.15, -0.1) is 0 Å². The molecule has 6 heteroatoms. The molecule has 0 aliphatic heterocycles. The van der Waals surface area contributed by atoms with Crippen LogP contribution in [0.5, 0.6) is 5.75 Å². The lowest BCUT2D eigenvalue weighted by Gasteiger charge is -2.07. The first kappa shape index (κ1) is 22.6. The number of halogens is 3. The van der Waals surface area contributed by atoms with E-state index in [-0.39, 0.29) is 0 Å². The van der Waals surface area contributed by atoms with E-state index in [9.17, 15) is 13.2 Å². The van der Waals surface area contributed by atoms with E-state index in [1.54, 1.807) is 13.2 Å². The topological polar surface area (TPSA) is 29.9 Å². The Balaban J connectivity index is 1.30. The molecule has 0 bridgehead atoms. The van der Waals surface area contributed by atoms with E-state index < -0.39 is 11.7 Å². The zero-order chi connectivity index (χ0) is 24.4. The van der Waals surface area contributed by atoms with E-state index in [1.165, 1.54) is 12.1 Å². The molecule has 0 radical (unpaired) electrons. The van der Waals surface area contributed by atoms with E-state index >= 15 is 0 Å². The summed E-state index contributed by atoms with van der Waals surface area (Å²) in [5, 5.41) is 1.16. The van der Waals surface area contributed by atoms with Crippen molar-refractivity contribution >= 4 is 23.1 Å². The Kier molecular flexibility index (Phi) is 5.95. The monoisotopic (exact) mass is 472 g/mol. The van der Waals surface area contributed by atoms with Crippen molar-refractivity contribution in [2.24, 2.45) is 0 Å². The minimum Gasteiger partial charge on any atom is -0.497 e. The number of aromatic amines is 1. The van der Waals surface area contributed by atoms with Gasteiger partial charge in [0.25, 0.3) is 0 Å². The van der Waals surface area contributed by atoms with E-state index in [2.05, 4.69) is 46.1 Å². The zero-order valence-corrected chi connectivity index (χ0v) is 19.0. The summed E-state index contributed by atoms with van der Waals surface area (Å²) in [6, 6.07) is 23.7. The van der Waals surface area contributed by atoms with Gasteiger partial charge in [0.05, 0.1) is 12.7 Å². The van der Waals surface area contributed by atoms with Crippen LogP contribution in [-0.4, -0.2) is 16.7 Å². The van der Waals surface area contributed by atoms with Crippen LogP contribution in [0.3, 0.4) is 0 Å². The van der Waals surface area contributed by atoms with Gasteiger partial charge in [0, 0.05) is 35.5 Å². The maximum absolute atomic E-state index is 12.7. The van der Waals surface area contributed by atoms with Crippen LogP contribution in [0, 0.1) is 0 Å². The first-order valence-corrected chi connectivity index (χ1v) is 11.1. The van der Waals surface area contributed by atoms with Gasteiger partial charge in [-0.3, -0.25) is 0 Å². The van der Waals surface area contributed by atoms with Crippen LogP contribution in [0.25, 0.3) is 34.2 Å². The minimum absolute atomic E-state index is 0.647. The van der Waals surface area contributed by atoms with Gasteiger partial charge in [-0.05, 0) is 76.9 Å². The molecule has 2 heterocycles. The quantitative estimate of drug-likeness (QED) is 0.268. The number of ether oxygens (including phenoxy) is 1. The van der Waals surface area contributed by atoms with Gasteiger partial charge >= 0.3 is 6.18 Å². The molecule has 3 aromatic carbocycles. The number of nitrogens with zero attached hydrogens (tertiary/aromatic N) is 1. The first-order valence-electron chi connectivity index (χ1n) is 11.1. The Morgan fingerprint density at radius 3 is 2.46 bits per heavy atom. The molecular weight excluding hydrogens is 449 g/mol. The normalized spacial score (nSPS) is 12.0. The molecule has 0 saturated carbocycles. The summed E-state index contributed by atoms with van der Waals surface area (Å²) in [6.07, 6.45) is 3.35. The smallest absolute Gasteiger partial charge is 0.416 e. The summed E-state index contributed by atoms with van der Waals surface area (Å²) in [7, 11) is 1.67. The van der Waals surface area contributed by atoms with E-state index in [4.69, 9.17) is 4.74 Å². The standard InChI is InChI=1S/C29H23F3N2O/c1-35-27-4-2-3-22(17-27)23-8-12-28-24(16-23)13-14-34(28)19-21-15-26(33-18-21)11-7-20-5-9-25(10-6-20)29(30,31)32/h2-18,33H,19H2,1H3/b11-7+. The lowest BCUT2D eigenvalue weighted by Crippen LogP contribution is -2.03. The fourth-order valence-electron chi connectivity index (χ4n) is 4.13. The number of methoxy groups -OCH3 is 1. The van der Waals surface area contributed by atoms with Crippen LogP contribution < -0.4 is 4.74 Å². The predicted octanol–water partition coefficient (Wildman–Crippen LogP) is 7.88. The highest BCUT2D eigenvalue weighted by Crippen LogP contribution is 2.30. The van der Waals surface area contributed by atoms with Gasteiger partial charge in [-0.2, -0.15) is 13.2 Å². The molecule has 0 aliphatic rings. The van der Waals surface area contributed by atoms with E-state index in [0.717, 1.165) is 51.2 Å². The number of alkyl halides is 3. The molecule has 2 aromatic heterocycles. The van der Waals surface area contributed by atoms with Crippen molar-refractivity contribution in [3.05, 3.63) is 114 Å². The van der Waals surface area contributed by atoms with Crippen molar-refractivity contribution in [2.75, 3.05) is 7.11 Å². The van der Waals surface area contributed by atoms with Crippen molar-refractivity contribution in [1.29, 1.82) is 0 Å². The molecule has 0 amide bonds. The molecule has 0 saturated heterocycles. The minimum atomic E-state index is -4.32. The maximum Gasteiger partial charge on any atom is 0.416 e. The molecule has 0 fully saturated rings. The predicted molar refractivity (Wildman–Crippen MR) is 134 cm³/mol. The third-order valence-electron chi connectivity index (χ3n) is 5.99. The molecule has 0 aliphatic carbocycles. The number of aromatic nitrogens is 2. The Hall–Kier alpha value is -4.19. The molecule has 5 rings (SSSR count). The number of benzene rings is 3. The average Bonchev–Trinajstić information content (AvgIpc) is 3.49. The number of nitrogens with one attached hydrogen (secondary N) is 1. The van der Waals surface area contributed by atoms with Gasteiger partial charge in [-0.1, -0.05) is 36.4 Å². The third-order valence-corrected chi connectivity index (χ3v) is 5.99. The van der Waals surface area contributed by atoms with Crippen molar-refractivity contribution in [2.45, 2.75) is 12.7 Å². The SMILES string of the molecule is COc1cccc(-c2ccc3c(ccn3Cc3c[nH]c(/C=C/c4ccc(C(F)(F)F)cc4)c3)c2)c1. The van der Waals surface area contributed by atoms with Crippen molar-refractivity contribution in [3.8, 4) is 16.9 Å². The van der Waals surface area contributed by atoms with Crippen LogP contribution in [0.4, 0.5) is 13.2 Å². The Labute approximate surface area is 201 Å². The van der Waals surface area contributed by atoms with Crippen LogP contribution in [0.2, 0.25) is 0 Å². The number of hydrogen-bond donors (Lipinski definition) is 1. The number of H-pyrrole nitrogens is 1. The van der Waals surface area contributed by atoms with Gasteiger partial charge in [0.1, 0.15) is 5.75 Å². The molecule has 1 N–H and O–H groups in total. The second-order valence-electron chi connectivity index (χ2n) is 8.37. The second-order valence-corrected chi connectivity index (χ2v) is 8.37. The summed E-state index contributed by atoms with van der Waals surface area (Å²) in [5.41, 5.74) is 5.42.